The lowest BCUT2D eigenvalue weighted by Gasteiger charge is -2.39. The SMILES string of the molecule is CC(C)C1N(C(=O)C(Cc2ccccc2)C2OC(O)(CCCOCC(CO)OCc3ccccc3)C(Br)=CC2=O)C(=O)OC1(C)C. The van der Waals surface area contributed by atoms with Gasteiger partial charge in [0.25, 0.3) is 0 Å². The lowest BCUT2D eigenvalue weighted by atomic mass is 9.85. The Kier molecular flexibility index (Phi) is 12.3. The zero-order valence-electron chi connectivity index (χ0n) is 26.8. The predicted octanol–water partition coefficient (Wildman–Crippen LogP) is 4.94. The van der Waals surface area contributed by atoms with E-state index in [0.717, 1.165) is 16.0 Å². The van der Waals surface area contributed by atoms with Crippen LogP contribution in [0.4, 0.5) is 4.79 Å². The van der Waals surface area contributed by atoms with Crippen LogP contribution in [0.25, 0.3) is 0 Å². The van der Waals surface area contributed by atoms with Crippen LogP contribution < -0.4 is 0 Å². The molecule has 10 nitrogen and oxygen atoms in total. The van der Waals surface area contributed by atoms with Crippen molar-refractivity contribution in [3.05, 3.63) is 82.3 Å². The molecule has 2 aliphatic heterocycles. The minimum absolute atomic E-state index is 0.0438. The molecule has 5 atom stereocenters. The van der Waals surface area contributed by atoms with Crippen molar-refractivity contribution in [2.24, 2.45) is 11.8 Å². The molecule has 0 spiro atoms. The Morgan fingerprint density at radius 3 is 2.28 bits per heavy atom. The van der Waals surface area contributed by atoms with Gasteiger partial charge in [-0.1, -0.05) is 74.5 Å². The summed E-state index contributed by atoms with van der Waals surface area (Å²) in [6, 6.07) is 18.2. The van der Waals surface area contributed by atoms with Gasteiger partial charge in [-0.15, -0.1) is 0 Å². The third kappa shape index (κ3) is 8.70. The van der Waals surface area contributed by atoms with Crippen LogP contribution in [0.3, 0.4) is 0 Å². The summed E-state index contributed by atoms with van der Waals surface area (Å²) >= 11 is 3.30. The Hall–Kier alpha value is -2.93. The summed E-state index contributed by atoms with van der Waals surface area (Å²) in [7, 11) is 0. The highest BCUT2D eigenvalue weighted by molar-refractivity contribution is 9.11. The minimum Gasteiger partial charge on any atom is -0.441 e. The van der Waals surface area contributed by atoms with E-state index >= 15 is 0 Å². The first kappa shape index (κ1) is 35.9. The van der Waals surface area contributed by atoms with Gasteiger partial charge in [0.05, 0.1) is 36.3 Å². The highest BCUT2D eigenvalue weighted by atomic mass is 79.9. The molecule has 0 aromatic heterocycles. The van der Waals surface area contributed by atoms with E-state index in [-0.39, 0.29) is 43.1 Å². The number of halogens is 1. The molecular weight excluding hydrogens is 658 g/mol. The van der Waals surface area contributed by atoms with Crippen molar-refractivity contribution in [3.8, 4) is 0 Å². The summed E-state index contributed by atoms with van der Waals surface area (Å²) < 4.78 is 23.3. The van der Waals surface area contributed by atoms with Crippen LogP contribution in [0.15, 0.2) is 71.2 Å². The number of ketones is 1. The van der Waals surface area contributed by atoms with Crippen LogP contribution in [-0.2, 0) is 41.6 Å². The van der Waals surface area contributed by atoms with Gasteiger partial charge < -0.3 is 29.2 Å². The summed E-state index contributed by atoms with van der Waals surface area (Å²) in [4.78, 5) is 41.9. The number of cyclic esters (lactones) is 1. The van der Waals surface area contributed by atoms with Crippen LogP contribution in [0.5, 0.6) is 0 Å². The van der Waals surface area contributed by atoms with E-state index in [0.29, 0.717) is 13.0 Å². The van der Waals surface area contributed by atoms with Gasteiger partial charge in [0.2, 0.25) is 5.91 Å². The summed E-state index contributed by atoms with van der Waals surface area (Å²) in [5, 5.41) is 21.3. The maximum Gasteiger partial charge on any atom is 0.417 e. The van der Waals surface area contributed by atoms with Gasteiger partial charge in [-0.2, -0.15) is 0 Å². The largest absolute Gasteiger partial charge is 0.441 e. The maximum atomic E-state index is 14.3. The number of imide groups is 1. The zero-order valence-corrected chi connectivity index (χ0v) is 28.4. The van der Waals surface area contributed by atoms with Gasteiger partial charge >= 0.3 is 6.09 Å². The number of hydrogen-bond donors (Lipinski definition) is 2. The number of aliphatic hydroxyl groups excluding tert-OH is 1. The van der Waals surface area contributed by atoms with Crippen molar-refractivity contribution in [2.75, 3.05) is 19.8 Å². The molecule has 11 heteroatoms. The van der Waals surface area contributed by atoms with Gasteiger partial charge in [0.1, 0.15) is 17.8 Å². The van der Waals surface area contributed by atoms with E-state index in [2.05, 4.69) is 15.9 Å². The Morgan fingerprint density at radius 2 is 1.67 bits per heavy atom. The molecule has 2 aliphatic rings. The molecule has 46 heavy (non-hydrogen) atoms. The molecule has 0 aliphatic carbocycles. The molecule has 4 rings (SSSR count). The summed E-state index contributed by atoms with van der Waals surface area (Å²) in [5.41, 5.74) is 0.817. The standard InChI is InChI=1S/C35H44BrNO9/c1-23(2)31-34(3,4)46-33(41)37(31)32(40)27(18-24-12-7-5-8-13-24)30-28(39)19-29(36)35(42,45-30)16-11-17-43-22-26(20-38)44-21-25-14-9-6-10-15-25/h5-10,12-15,19,23,26-27,30-31,38,42H,11,16-18,20-22H2,1-4H3. The van der Waals surface area contributed by atoms with Crippen molar-refractivity contribution in [3.63, 3.8) is 0 Å². The number of ether oxygens (including phenoxy) is 4. The average molecular weight is 703 g/mol. The quantitative estimate of drug-likeness (QED) is 0.248. The first-order valence-corrected chi connectivity index (χ1v) is 16.4. The molecule has 2 heterocycles. The van der Waals surface area contributed by atoms with E-state index in [1.165, 1.54) is 6.08 Å². The predicted molar refractivity (Wildman–Crippen MR) is 174 cm³/mol. The second-order valence-electron chi connectivity index (χ2n) is 12.7. The number of aliphatic hydroxyl groups is 2. The second-order valence-corrected chi connectivity index (χ2v) is 13.5. The smallest absolute Gasteiger partial charge is 0.417 e. The topological polar surface area (TPSA) is 132 Å². The third-order valence-corrected chi connectivity index (χ3v) is 9.12. The Labute approximate surface area is 278 Å². The molecule has 5 unspecified atom stereocenters. The van der Waals surface area contributed by atoms with Gasteiger partial charge in [-0.25, -0.2) is 9.69 Å². The van der Waals surface area contributed by atoms with E-state index in [9.17, 15) is 24.6 Å². The van der Waals surface area contributed by atoms with E-state index < -0.39 is 53.3 Å². The molecule has 0 radical (unpaired) electrons. The molecule has 0 bridgehead atoms. The number of carbonyl (C=O) groups excluding carboxylic acids is 3. The fourth-order valence-electron chi connectivity index (χ4n) is 6.13. The van der Waals surface area contributed by atoms with Crippen LogP contribution in [0.1, 0.15) is 51.7 Å². The number of carbonyl (C=O) groups is 3. The van der Waals surface area contributed by atoms with E-state index in [1.807, 2.05) is 74.5 Å². The summed E-state index contributed by atoms with van der Waals surface area (Å²) in [5.74, 6) is -4.26. The monoisotopic (exact) mass is 701 g/mol. The minimum atomic E-state index is -1.92. The molecule has 0 saturated carbocycles. The fraction of sp³-hybridized carbons (Fsp3) is 0.514. The molecule has 2 N–H and O–H groups in total. The summed E-state index contributed by atoms with van der Waals surface area (Å²) in [6.07, 6.45) is -0.946. The van der Waals surface area contributed by atoms with Crippen LogP contribution in [0, 0.1) is 11.8 Å². The Morgan fingerprint density at radius 1 is 1.04 bits per heavy atom. The molecular formula is C35H44BrNO9. The van der Waals surface area contributed by atoms with Crippen LogP contribution in [-0.4, -0.2) is 82.4 Å². The van der Waals surface area contributed by atoms with E-state index in [1.54, 1.807) is 13.8 Å². The molecule has 1 saturated heterocycles. The lowest BCUT2D eigenvalue weighted by molar-refractivity contribution is -0.219. The molecule has 1 fully saturated rings. The number of hydrogen-bond acceptors (Lipinski definition) is 9. The first-order chi connectivity index (χ1) is 21.9. The van der Waals surface area contributed by atoms with Crippen molar-refractivity contribution < 1.29 is 43.5 Å². The second kappa shape index (κ2) is 15.8. The lowest BCUT2D eigenvalue weighted by Crippen LogP contribution is -2.55. The zero-order chi connectivity index (χ0) is 33.5. The van der Waals surface area contributed by atoms with Crippen molar-refractivity contribution in [1.82, 2.24) is 4.90 Å². The normalized spacial score (nSPS) is 24.1. The van der Waals surface area contributed by atoms with Gasteiger partial charge in [0.15, 0.2) is 11.6 Å². The number of amides is 2. The summed E-state index contributed by atoms with van der Waals surface area (Å²) in [6.45, 7) is 7.81. The number of benzene rings is 2. The van der Waals surface area contributed by atoms with Gasteiger partial charge in [-0.3, -0.25) is 9.59 Å². The number of nitrogens with zero attached hydrogens (tertiary/aromatic N) is 1. The van der Waals surface area contributed by atoms with Crippen LogP contribution in [0.2, 0.25) is 0 Å². The van der Waals surface area contributed by atoms with Crippen molar-refractivity contribution in [2.45, 2.75) is 83.2 Å². The van der Waals surface area contributed by atoms with Crippen molar-refractivity contribution in [1.29, 1.82) is 0 Å². The highest BCUT2D eigenvalue weighted by Crippen LogP contribution is 2.40. The van der Waals surface area contributed by atoms with Crippen molar-refractivity contribution >= 4 is 33.7 Å². The van der Waals surface area contributed by atoms with E-state index in [4.69, 9.17) is 18.9 Å². The molecule has 2 aromatic rings. The Balaban J connectivity index is 1.45. The highest BCUT2D eigenvalue weighted by Gasteiger charge is 2.55. The maximum absolute atomic E-state index is 14.3. The first-order valence-electron chi connectivity index (χ1n) is 15.6. The fourth-order valence-corrected chi connectivity index (χ4v) is 6.65. The third-order valence-electron chi connectivity index (χ3n) is 8.27. The molecule has 2 amide bonds. The Bertz CT molecular complexity index is 1370. The molecule has 250 valence electrons. The average Bonchev–Trinajstić information content (AvgIpc) is 3.28. The molecule has 2 aromatic carbocycles. The van der Waals surface area contributed by atoms with Crippen LogP contribution >= 0.6 is 15.9 Å². The van der Waals surface area contributed by atoms with Gasteiger partial charge in [-0.05, 0) is 65.7 Å². The number of rotatable bonds is 15. The van der Waals surface area contributed by atoms with Gasteiger partial charge in [0, 0.05) is 13.0 Å².